The third-order valence-electron chi connectivity index (χ3n) is 4.48. The van der Waals surface area contributed by atoms with Crippen molar-refractivity contribution in [2.45, 2.75) is 44.6 Å². The fraction of sp³-hybridized carbons (Fsp3) is 0.421. The molecule has 0 spiro atoms. The van der Waals surface area contributed by atoms with Gasteiger partial charge in [-0.1, -0.05) is 24.6 Å². The highest BCUT2D eigenvalue weighted by Crippen LogP contribution is 2.36. The maximum Gasteiger partial charge on any atom is 0.233 e. The van der Waals surface area contributed by atoms with Crippen molar-refractivity contribution in [3.8, 4) is 0 Å². The molecule has 0 aliphatic carbocycles. The van der Waals surface area contributed by atoms with E-state index in [-0.39, 0.29) is 11.9 Å². The summed E-state index contributed by atoms with van der Waals surface area (Å²) in [6.45, 7) is 7.26. The molecule has 2 nitrogen and oxygen atoms in total. The van der Waals surface area contributed by atoms with Gasteiger partial charge in [0, 0.05) is 16.3 Å². The summed E-state index contributed by atoms with van der Waals surface area (Å²) < 4.78 is 0. The minimum Gasteiger partial charge on any atom is -0.335 e. The second-order valence-corrected chi connectivity index (χ2v) is 8.14. The summed E-state index contributed by atoms with van der Waals surface area (Å²) in [5, 5.41) is 2.16. The molecule has 0 N–H and O–H groups in total. The van der Waals surface area contributed by atoms with Crippen molar-refractivity contribution in [2.75, 3.05) is 12.3 Å². The summed E-state index contributed by atoms with van der Waals surface area (Å²) in [4.78, 5) is 17.5. The normalized spacial score (nSPS) is 17.2. The Morgan fingerprint density at radius 1 is 1.35 bits per heavy atom. The molecule has 0 fully saturated rings. The maximum absolute atomic E-state index is 12.8. The fourth-order valence-electron chi connectivity index (χ4n) is 3.32. The smallest absolute Gasteiger partial charge is 0.233 e. The standard InChI is InChI=1S/C19H23NOS2/c1-4-16-15-8-10-22-18(15)7-9-20(16)19(21)12-23-17-6-5-13(2)11-14(17)3/h5-6,8,10-11,16H,4,7,9,12H2,1-3H3. The number of hydrogen-bond acceptors (Lipinski definition) is 3. The number of hydrogen-bond donors (Lipinski definition) is 0. The van der Waals surface area contributed by atoms with Gasteiger partial charge in [-0.25, -0.2) is 0 Å². The van der Waals surface area contributed by atoms with Crippen molar-refractivity contribution in [1.29, 1.82) is 0 Å². The third-order valence-corrected chi connectivity index (χ3v) is 6.64. The van der Waals surface area contributed by atoms with E-state index in [1.54, 1.807) is 11.8 Å². The van der Waals surface area contributed by atoms with E-state index in [0.717, 1.165) is 19.4 Å². The highest BCUT2D eigenvalue weighted by Gasteiger charge is 2.30. The molecule has 1 aromatic carbocycles. The van der Waals surface area contributed by atoms with E-state index in [2.05, 4.69) is 55.3 Å². The van der Waals surface area contributed by atoms with Gasteiger partial charge in [-0.15, -0.1) is 23.1 Å². The first-order valence-electron chi connectivity index (χ1n) is 8.16. The second-order valence-electron chi connectivity index (χ2n) is 6.12. The predicted octanol–water partition coefficient (Wildman–Crippen LogP) is 4.99. The predicted molar refractivity (Wildman–Crippen MR) is 99.4 cm³/mol. The molecular weight excluding hydrogens is 322 g/mol. The summed E-state index contributed by atoms with van der Waals surface area (Å²) in [6, 6.07) is 8.89. The summed E-state index contributed by atoms with van der Waals surface area (Å²) in [6.07, 6.45) is 1.99. The molecule has 0 saturated heterocycles. The van der Waals surface area contributed by atoms with Crippen LogP contribution in [0.25, 0.3) is 0 Å². The van der Waals surface area contributed by atoms with E-state index in [1.165, 1.54) is 26.5 Å². The van der Waals surface area contributed by atoms with Gasteiger partial charge in [0.15, 0.2) is 0 Å². The summed E-state index contributed by atoms with van der Waals surface area (Å²) in [5.41, 5.74) is 3.90. The van der Waals surface area contributed by atoms with Crippen molar-refractivity contribution in [1.82, 2.24) is 4.90 Å². The van der Waals surface area contributed by atoms with Crippen molar-refractivity contribution in [3.05, 3.63) is 51.2 Å². The van der Waals surface area contributed by atoms with Crippen LogP contribution in [0.2, 0.25) is 0 Å². The van der Waals surface area contributed by atoms with Gasteiger partial charge in [-0.2, -0.15) is 0 Å². The first-order valence-corrected chi connectivity index (χ1v) is 10.0. The van der Waals surface area contributed by atoms with Crippen LogP contribution >= 0.6 is 23.1 Å². The number of thioether (sulfide) groups is 1. The number of amides is 1. The average Bonchev–Trinajstić information content (AvgIpc) is 3.01. The molecule has 23 heavy (non-hydrogen) atoms. The number of fused-ring (bicyclic) bond motifs is 1. The molecule has 1 aromatic heterocycles. The van der Waals surface area contributed by atoms with Gasteiger partial charge in [0.05, 0.1) is 11.8 Å². The Balaban J connectivity index is 1.68. The Labute approximate surface area is 146 Å². The van der Waals surface area contributed by atoms with Crippen molar-refractivity contribution in [3.63, 3.8) is 0 Å². The molecule has 122 valence electrons. The van der Waals surface area contributed by atoms with Gasteiger partial charge in [-0.3, -0.25) is 4.79 Å². The SMILES string of the molecule is CCC1c2ccsc2CCN1C(=O)CSc1ccc(C)cc1C. The van der Waals surface area contributed by atoms with Crippen LogP contribution in [0.5, 0.6) is 0 Å². The molecule has 4 heteroatoms. The second kappa shape index (κ2) is 7.10. The Kier molecular flexibility index (Phi) is 5.12. The van der Waals surface area contributed by atoms with Gasteiger partial charge in [0.2, 0.25) is 5.91 Å². The number of rotatable bonds is 4. The van der Waals surface area contributed by atoms with Crippen LogP contribution in [-0.2, 0) is 11.2 Å². The maximum atomic E-state index is 12.8. The largest absolute Gasteiger partial charge is 0.335 e. The lowest BCUT2D eigenvalue weighted by atomic mass is 9.98. The molecule has 3 rings (SSSR count). The van der Waals surface area contributed by atoms with Crippen LogP contribution in [0.1, 0.15) is 41.0 Å². The van der Waals surface area contributed by atoms with Crippen LogP contribution in [0.4, 0.5) is 0 Å². The highest BCUT2D eigenvalue weighted by molar-refractivity contribution is 8.00. The monoisotopic (exact) mass is 345 g/mol. The number of carbonyl (C=O) groups excluding carboxylic acids is 1. The molecule has 1 unspecified atom stereocenters. The number of aryl methyl sites for hydroxylation is 2. The summed E-state index contributed by atoms with van der Waals surface area (Å²) in [7, 11) is 0. The lowest BCUT2D eigenvalue weighted by molar-refractivity contribution is -0.131. The van der Waals surface area contributed by atoms with Crippen LogP contribution in [0.3, 0.4) is 0 Å². The first-order chi connectivity index (χ1) is 11.1. The van der Waals surface area contributed by atoms with E-state index in [0.29, 0.717) is 5.75 Å². The molecule has 0 saturated carbocycles. The minimum atomic E-state index is 0.261. The highest BCUT2D eigenvalue weighted by atomic mass is 32.2. The van der Waals surface area contributed by atoms with Crippen LogP contribution in [-0.4, -0.2) is 23.1 Å². The van der Waals surface area contributed by atoms with E-state index in [1.807, 2.05) is 11.3 Å². The van der Waals surface area contributed by atoms with Crippen molar-refractivity contribution >= 4 is 29.0 Å². The minimum absolute atomic E-state index is 0.261. The molecule has 2 aromatic rings. The molecular formula is C19H23NOS2. The lowest BCUT2D eigenvalue weighted by Gasteiger charge is -2.35. The molecule has 1 aliphatic rings. The topological polar surface area (TPSA) is 20.3 Å². The summed E-state index contributed by atoms with van der Waals surface area (Å²) in [5.74, 6) is 0.790. The van der Waals surface area contributed by atoms with E-state index < -0.39 is 0 Å². The molecule has 1 amide bonds. The van der Waals surface area contributed by atoms with Gasteiger partial charge >= 0.3 is 0 Å². The van der Waals surface area contributed by atoms with Gasteiger partial charge in [-0.05, 0) is 55.3 Å². The average molecular weight is 346 g/mol. The van der Waals surface area contributed by atoms with Crippen LogP contribution in [0, 0.1) is 13.8 Å². The first kappa shape index (κ1) is 16.6. The van der Waals surface area contributed by atoms with Gasteiger partial charge in [0.1, 0.15) is 0 Å². The third kappa shape index (κ3) is 3.48. The van der Waals surface area contributed by atoms with Gasteiger partial charge < -0.3 is 4.90 Å². The van der Waals surface area contributed by atoms with Crippen LogP contribution in [0.15, 0.2) is 34.5 Å². The molecule has 1 aliphatic heterocycles. The Bertz CT molecular complexity index is 707. The Hall–Kier alpha value is -1.26. The molecule has 2 heterocycles. The molecule has 1 atom stereocenters. The quantitative estimate of drug-likeness (QED) is 0.727. The van der Waals surface area contributed by atoms with Crippen molar-refractivity contribution in [2.24, 2.45) is 0 Å². The fourth-order valence-corrected chi connectivity index (χ4v) is 5.14. The van der Waals surface area contributed by atoms with Crippen molar-refractivity contribution < 1.29 is 4.79 Å². The van der Waals surface area contributed by atoms with Gasteiger partial charge in [0.25, 0.3) is 0 Å². The Morgan fingerprint density at radius 2 is 2.17 bits per heavy atom. The Morgan fingerprint density at radius 3 is 2.91 bits per heavy atom. The lowest BCUT2D eigenvalue weighted by Crippen LogP contribution is -2.40. The zero-order chi connectivity index (χ0) is 16.4. The zero-order valence-electron chi connectivity index (χ0n) is 14.0. The van der Waals surface area contributed by atoms with E-state index >= 15 is 0 Å². The van der Waals surface area contributed by atoms with E-state index in [9.17, 15) is 4.79 Å². The summed E-state index contributed by atoms with van der Waals surface area (Å²) >= 11 is 3.49. The molecule has 0 bridgehead atoms. The number of thiophene rings is 1. The molecule has 0 radical (unpaired) electrons. The van der Waals surface area contributed by atoms with E-state index in [4.69, 9.17) is 0 Å². The number of nitrogens with zero attached hydrogens (tertiary/aromatic N) is 1. The number of carbonyl (C=O) groups is 1. The zero-order valence-corrected chi connectivity index (χ0v) is 15.6. The van der Waals surface area contributed by atoms with Crippen LogP contribution < -0.4 is 0 Å². The number of benzene rings is 1.